The van der Waals surface area contributed by atoms with E-state index in [1.807, 2.05) is 0 Å². The van der Waals surface area contributed by atoms with Gasteiger partial charge in [0, 0.05) is 26.3 Å². The third kappa shape index (κ3) is 3.49. The highest BCUT2D eigenvalue weighted by Crippen LogP contribution is 2.29. The lowest BCUT2D eigenvalue weighted by molar-refractivity contribution is -0.114. The molecular weight excluding hydrogens is 280 g/mol. The molecule has 0 atom stereocenters. The first-order valence-electron chi connectivity index (χ1n) is 6.32. The molecule has 0 spiro atoms. The quantitative estimate of drug-likeness (QED) is 0.896. The lowest BCUT2D eigenvalue weighted by Gasteiger charge is -2.30. The van der Waals surface area contributed by atoms with Crippen LogP contribution in [0.25, 0.3) is 0 Å². The van der Waals surface area contributed by atoms with Crippen molar-refractivity contribution in [1.82, 2.24) is 0 Å². The lowest BCUT2D eigenvalue weighted by atomic mass is 10.2. The Morgan fingerprint density at radius 2 is 1.95 bits per heavy atom. The highest BCUT2D eigenvalue weighted by atomic mass is 32.2. The number of rotatable bonds is 3. The van der Waals surface area contributed by atoms with Crippen LogP contribution in [0, 0.1) is 0 Å². The van der Waals surface area contributed by atoms with Crippen molar-refractivity contribution >= 4 is 27.1 Å². The molecule has 1 aliphatic heterocycles. The number of benzene rings is 1. The van der Waals surface area contributed by atoms with Crippen molar-refractivity contribution in [2.24, 2.45) is 0 Å². The molecule has 110 valence electrons. The number of hydrogen-bond donors (Lipinski definition) is 1. The highest BCUT2D eigenvalue weighted by molar-refractivity contribution is 7.90. The van der Waals surface area contributed by atoms with Gasteiger partial charge >= 0.3 is 0 Å². The largest absolute Gasteiger partial charge is 0.378 e. The van der Waals surface area contributed by atoms with Crippen LogP contribution >= 0.6 is 0 Å². The van der Waals surface area contributed by atoms with Crippen LogP contribution in [-0.2, 0) is 19.4 Å². The van der Waals surface area contributed by atoms with E-state index in [4.69, 9.17) is 4.74 Å². The van der Waals surface area contributed by atoms with E-state index in [0.717, 1.165) is 11.9 Å². The molecule has 0 aromatic heterocycles. The number of sulfone groups is 1. The Morgan fingerprint density at radius 1 is 1.30 bits per heavy atom. The monoisotopic (exact) mass is 298 g/mol. The van der Waals surface area contributed by atoms with E-state index >= 15 is 0 Å². The van der Waals surface area contributed by atoms with Gasteiger partial charge in [0.1, 0.15) is 0 Å². The molecule has 20 heavy (non-hydrogen) atoms. The van der Waals surface area contributed by atoms with Gasteiger partial charge in [-0.3, -0.25) is 4.79 Å². The van der Waals surface area contributed by atoms with Gasteiger partial charge in [-0.15, -0.1) is 0 Å². The second-order valence-corrected chi connectivity index (χ2v) is 6.75. The summed E-state index contributed by atoms with van der Waals surface area (Å²) in [6, 6.07) is 4.79. The maximum atomic E-state index is 11.6. The topological polar surface area (TPSA) is 75.7 Å². The zero-order valence-electron chi connectivity index (χ0n) is 11.5. The van der Waals surface area contributed by atoms with Gasteiger partial charge in [0.15, 0.2) is 9.84 Å². The normalized spacial score (nSPS) is 16.0. The van der Waals surface area contributed by atoms with Gasteiger partial charge < -0.3 is 15.0 Å². The maximum Gasteiger partial charge on any atom is 0.221 e. The Bertz CT molecular complexity index is 607. The van der Waals surface area contributed by atoms with Gasteiger partial charge in [0.25, 0.3) is 0 Å². The molecule has 1 fully saturated rings. The number of carbonyl (C=O) groups is 1. The summed E-state index contributed by atoms with van der Waals surface area (Å²) in [5.41, 5.74) is 1.33. The van der Waals surface area contributed by atoms with Crippen molar-refractivity contribution in [3.63, 3.8) is 0 Å². The molecule has 0 radical (unpaired) electrons. The summed E-state index contributed by atoms with van der Waals surface area (Å²) >= 11 is 0. The number of ether oxygens (including phenoxy) is 1. The van der Waals surface area contributed by atoms with E-state index in [9.17, 15) is 13.2 Å². The van der Waals surface area contributed by atoms with Crippen molar-refractivity contribution in [1.29, 1.82) is 0 Å². The number of anilines is 2. The fourth-order valence-electron chi connectivity index (χ4n) is 2.12. The molecule has 2 rings (SSSR count). The van der Waals surface area contributed by atoms with Crippen LogP contribution in [0.15, 0.2) is 23.1 Å². The van der Waals surface area contributed by atoms with E-state index in [0.29, 0.717) is 32.0 Å². The Kier molecular flexibility index (Phi) is 4.29. The van der Waals surface area contributed by atoms with Gasteiger partial charge in [0.05, 0.1) is 29.5 Å². The average molecular weight is 298 g/mol. The molecule has 1 heterocycles. The molecule has 1 saturated heterocycles. The molecule has 0 saturated carbocycles. The first-order valence-corrected chi connectivity index (χ1v) is 8.21. The zero-order chi connectivity index (χ0) is 14.8. The van der Waals surface area contributed by atoms with Crippen molar-refractivity contribution < 1.29 is 17.9 Å². The third-order valence-corrected chi connectivity index (χ3v) is 4.17. The summed E-state index contributed by atoms with van der Waals surface area (Å²) in [5.74, 6) is -0.231. The number of morpholine rings is 1. The Morgan fingerprint density at radius 3 is 2.50 bits per heavy atom. The average Bonchev–Trinajstić information content (AvgIpc) is 2.38. The lowest BCUT2D eigenvalue weighted by Crippen LogP contribution is -2.36. The predicted octanol–water partition coefficient (Wildman–Crippen LogP) is 0.885. The van der Waals surface area contributed by atoms with Crippen LogP contribution in [-0.4, -0.2) is 46.9 Å². The number of hydrogen-bond acceptors (Lipinski definition) is 5. The van der Waals surface area contributed by atoms with Crippen LogP contribution in [0.2, 0.25) is 0 Å². The Labute approximate surface area is 118 Å². The third-order valence-electron chi connectivity index (χ3n) is 3.06. The molecule has 1 aromatic rings. The number of carbonyl (C=O) groups excluding carboxylic acids is 1. The van der Waals surface area contributed by atoms with Crippen LogP contribution < -0.4 is 10.2 Å². The molecule has 0 bridgehead atoms. The second-order valence-electron chi connectivity index (χ2n) is 4.73. The highest BCUT2D eigenvalue weighted by Gasteiger charge is 2.18. The maximum absolute atomic E-state index is 11.6. The summed E-state index contributed by atoms with van der Waals surface area (Å²) in [6.45, 7) is 4.06. The molecule has 0 unspecified atom stereocenters. The van der Waals surface area contributed by atoms with E-state index in [1.165, 1.54) is 13.0 Å². The molecule has 1 amide bonds. The van der Waals surface area contributed by atoms with Crippen molar-refractivity contribution in [2.45, 2.75) is 11.8 Å². The van der Waals surface area contributed by atoms with Crippen molar-refractivity contribution in [3.8, 4) is 0 Å². The standard InChI is InChI=1S/C13H18N2O4S/c1-10(16)14-12-9-11(20(2,17)18)3-4-13(12)15-5-7-19-8-6-15/h3-4,9H,5-8H2,1-2H3,(H,14,16). The van der Waals surface area contributed by atoms with Crippen LogP contribution in [0.4, 0.5) is 11.4 Å². The molecule has 6 nitrogen and oxygen atoms in total. The Balaban J connectivity index is 2.41. The minimum absolute atomic E-state index is 0.193. The first kappa shape index (κ1) is 14.8. The number of nitrogens with one attached hydrogen (secondary N) is 1. The fourth-order valence-corrected chi connectivity index (χ4v) is 2.76. The first-order chi connectivity index (χ1) is 9.38. The predicted molar refractivity (Wildman–Crippen MR) is 76.9 cm³/mol. The van der Waals surface area contributed by atoms with Gasteiger partial charge in [-0.2, -0.15) is 0 Å². The van der Waals surface area contributed by atoms with Gasteiger partial charge in [-0.1, -0.05) is 0 Å². The number of nitrogens with zero attached hydrogens (tertiary/aromatic N) is 1. The molecular formula is C13H18N2O4S. The fraction of sp³-hybridized carbons (Fsp3) is 0.462. The Hall–Kier alpha value is -1.60. The van der Waals surface area contributed by atoms with E-state index in [-0.39, 0.29) is 10.8 Å². The minimum atomic E-state index is -3.30. The minimum Gasteiger partial charge on any atom is -0.378 e. The van der Waals surface area contributed by atoms with Gasteiger partial charge in [-0.25, -0.2) is 8.42 Å². The van der Waals surface area contributed by atoms with Crippen LogP contribution in [0.3, 0.4) is 0 Å². The van der Waals surface area contributed by atoms with Gasteiger partial charge in [0.2, 0.25) is 5.91 Å². The van der Waals surface area contributed by atoms with Crippen LogP contribution in [0.1, 0.15) is 6.92 Å². The van der Waals surface area contributed by atoms with E-state index < -0.39 is 9.84 Å². The summed E-state index contributed by atoms with van der Waals surface area (Å²) in [4.78, 5) is 13.6. The van der Waals surface area contributed by atoms with Crippen molar-refractivity contribution in [3.05, 3.63) is 18.2 Å². The second kappa shape index (κ2) is 5.80. The summed E-state index contributed by atoms with van der Waals surface area (Å²) in [7, 11) is -3.30. The summed E-state index contributed by atoms with van der Waals surface area (Å²) in [6.07, 6.45) is 1.15. The SMILES string of the molecule is CC(=O)Nc1cc(S(C)(=O)=O)ccc1N1CCOCC1. The molecule has 1 aliphatic rings. The smallest absolute Gasteiger partial charge is 0.221 e. The van der Waals surface area contributed by atoms with Crippen LogP contribution in [0.5, 0.6) is 0 Å². The molecule has 1 N–H and O–H groups in total. The van der Waals surface area contributed by atoms with Crippen molar-refractivity contribution in [2.75, 3.05) is 42.8 Å². The van der Waals surface area contributed by atoms with Gasteiger partial charge in [-0.05, 0) is 18.2 Å². The summed E-state index contributed by atoms with van der Waals surface area (Å²) in [5, 5.41) is 2.70. The molecule has 7 heteroatoms. The van der Waals surface area contributed by atoms with E-state index in [2.05, 4.69) is 10.2 Å². The summed E-state index contributed by atoms with van der Waals surface area (Å²) < 4.78 is 28.5. The van der Waals surface area contributed by atoms with E-state index in [1.54, 1.807) is 12.1 Å². The zero-order valence-corrected chi connectivity index (χ0v) is 12.4. The number of amides is 1. The molecule has 1 aromatic carbocycles. The molecule has 0 aliphatic carbocycles.